The standard InChI is InChI=1S/C23H27BrN4O3/c1-27-10-8-15-2-5-19(12-16(15)9-11-27)25-22(30)21-13-20(29)14-28(21)23(31)26-18-6-3-17(24)4-7-18/h2-7,12,20-21,29H,8-11,13-14H2,1H3,(H,25,30)(H,26,31)/t20-,21-/m1/s1. The van der Waals surface area contributed by atoms with Crippen LogP contribution in [0.25, 0.3) is 0 Å². The van der Waals surface area contributed by atoms with Gasteiger partial charge < -0.3 is 25.5 Å². The summed E-state index contributed by atoms with van der Waals surface area (Å²) in [6, 6.07) is 12.1. The SMILES string of the molecule is CN1CCc2ccc(NC(=O)[C@H]3C[C@@H](O)CN3C(=O)Nc3ccc(Br)cc3)cc2CC1. The molecule has 4 rings (SSSR count). The monoisotopic (exact) mass is 486 g/mol. The molecule has 31 heavy (non-hydrogen) atoms. The number of urea groups is 1. The normalized spacial score (nSPS) is 21.3. The lowest BCUT2D eigenvalue weighted by Gasteiger charge is -2.24. The van der Waals surface area contributed by atoms with Gasteiger partial charge in [-0.05, 0) is 67.4 Å². The molecule has 164 valence electrons. The van der Waals surface area contributed by atoms with Gasteiger partial charge >= 0.3 is 6.03 Å². The van der Waals surface area contributed by atoms with Crippen LogP contribution in [0.5, 0.6) is 0 Å². The summed E-state index contributed by atoms with van der Waals surface area (Å²) < 4.78 is 0.909. The number of anilines is 2. The number of carbonyl (C=O) groups is 2. The summed E-state index contributed by atoms with van der Waals surface area (Å²) in [4.78, 5) is 29.5. The number of likely N-dealkylation sites (N-methyl/N-ethyl adjacent to an activating group) is 1. The molecule has 0 bridgehead atoms. The van der Waals surface area contributed by atoms with E-state index in [-0.39, 0.29) is 18.9 Å². The second kappa shape index (κ2) is 9.38. The van der Waals surface area contributed by atoms with E-state index in [0.29, 0.717) is 5.69 Å². The lowest BCUT2D eigenvalue weighted by atomic mass is 10.0. The molecule has 2 aliphatic rings. The molecule has 2 atom stereocenters. The Kier molecular flexibility index (Phi) is 6.60. The van der Waals surface area contributed by atoms with Gasteiger partial charge in [-0.15, -0.1) is 0 Å². The van der Waals surface area contributed by atoms with Crippen molar-refractivity contribution in [3.05, 3.63) is 58.1 Å². The summed E-state index contributed by atoms with van der Waals surface area (Å²) in [5.41, 5.74) is 3.92. The van der Waals surface area contributed by atoms with E-state index in [4.69, 9.17) is 0 Å². The minimum absolute atomic E-state index is 0.122. The number of carbonyl (C=O) groups excluding carboxylic acids is 2. The highest BCUT2D eigenvalue weighted by Gasteiger charge is 2.39. The van der Waals surface area contributed by atoms with Gasteiger partial charge in [0.1, 0.15) is 6.04 Å². The quantitative estimate of drug-likeness (QED) is 0.622. The van der Waals surface area contributed by atoms with Crippen LogP contribution < -0.4 is 10.6 Å². The second-order valence-corrected chi connectivity index (χ2v) is 9.19. The molecule has 3 amide bonds. The van der Waals surface area contributed by atoms with E-state index in [2.05, 4.69) is 44.6 Å². The number of hydrogen-bond donors (Lipinski definition) is 3. The molecule has 8 heteroatoms. The van der Waals surface area contributed by atoms with Crippen molar-refractivity contribution in [3.63, 3.8) is 0 Å². The number of rotatable bonds is 3. The summed E-state index contributed by atoms with van der Waals surface area (Å²) in [6.07, 6.45) is 1.43. The van der Waals surface area contributed by atoms with E-state index in [1.165, 1.54) is 16.0 Å². The third kappa shape index (κ3) is 5.26. The minimum Gasteiger partial charge on any atom is -0.391 e. The summed E-state index contributed by atoms with van der Waals surface area (Å²) in [6.45, 7) is 2.14. The number of benzene rings is 2. The molecule has 7 nitrogen and oxygen atoms in total. The van der Waals surface area contributed by atoms with Crippen molar-refractivity contribution in [2.24, 2.45) is 0 Å². The number of β-amino-alcohol motifs (C(OH)–C–C–N with tert-alkyl or cyclic N) is 1. The van der Waals surface area contributed by atoms with Crippen LogP contribution in [-0.4, -0.2) is 65.7 Å². The van der Waals surface area contributed by atoms with Gasteiger partial charge in [-0.1, -0.05) is 22.0 Å². The lowest BCUT2D eigenvalue weighted by molar-refractivity contribution is -0.119. The van der Waals surface area contributed by atoms with Crippen LogP contribution in [0.15, 0.2) is 46.9 Å². The number of aliphatic hydroxyl groups excluding tert-OH is 1. The number of nitrogens with zero attached hydrogens (tertiary/aromatic N) is 2. The highest BCUT2D eigenvalue weighted by molar-refractivity contribution is 9.10. The molecule has 2 aromatic carbocycles. The van der Waals surface area contributed by atoms with Crippen molar-refractivity contribution in [3.8, 4) is 0 Å². The maximum atomic E-state index is 13.0. The average Bonchev–Trinajstić information content (AvgIpc) is 3.05. The molecule has 2 aromatic rings. The van der Waals surface area contributed by atoms with Gasteiger partial charge in [0.05, 0.1) is 6.10 Å². The average molecular weight is 487 g/mol. The fourth-order valence-electron chi connectivity index (χ4n) is 4.16. The smallest absolute Gasteiger partial charge is 0.322 e. The van der Waals surface area contributed by atoms with Gasteiger partial charge in [0.15, 0.2) is 0 Å². The zero-order chi connectivity index (χ0) is 22.0. The molecule has 2 aliphatic heterocycles. The Bertz CT molecular complexity index is 966. The first-order chi connectivity index (χ1) is 14.9. The third-order valence-electron chi connectivity index (χ3n) is 5.94. The van der Waals surface area contributed by atoms with Crippen molar-refractivity contribution >= 4 is 39.2 Å². The van der Waals surface area contributed by atoms with Gasteiger partial charge in [-0.2, -0.15) is 0 Å². The van der Waals surface area contributed by atoms with Crippen molar-refractivity contribution in [1.82, 2.24) is 9.80 Å². The van der Waals surface area contributed by atoms with Crippen LogP contribution in [0.4, 0.5) is 16.2 Å². The van der Waals surface area contributed by atoms with Crippen LogP contribution in [0, 0.1) is 0 Å². The summed E-state index contributed by atoms with van der Waals surface area (Å²) in [5.74, 6) is -0.284. The van der Waals surface area contributed by atoms with Crippen LogP contribution in [0.2, 0.25) is 0 Å². The number of likely N-dealkylation sites (tertiary alicyclic amines) is 1. The molecule has 0 radical (unpaired) electrons. The first-order valence-electron chi connectivity index (χ1n) is 10.5. The van der Waals surface area contributed by atoms with Gasteiger partial charge in [0.2, 0.25) is 5.91 Å². The van der Waals surface area contributed by atoms with Crippen LogP contribution in [-0.2, 0) is 17.6 Å². The van der Waals surface area contributed by atoms with E-state index in [1.54, 1.807) is 12.1 Å². The zero-order valence-electron chi connectivity index (χ0n) is 17.5. The Morgan fingerprint density at radius 3 is 2.42 bits per heavy atom. The van der Waals surface area contributed by atoms with E-state index in [9.17, 15) is 14.7 Å². The van der Waals surface area contributed by atoms with E-state index in [1.807, 2.05) is 24.3 Å². The molecular weight excluding hydrogens is 460 g/mol. The number of nitrogens with one attached hydrogen (secondary N) is 2. The van der Waals surface area contributed by atoms with Crippen molar-refractivity contribution in [1.29, 1.82) is 0 Å². The summed E-state index contributed by atoms with van der Waals surface area (Å²) in [5, 5.41) is 15.9. The molecule has 0 spiro atoms. The van der Waals surface area contributed by atoms with Crippen molar-refractivity contribution in [2.75, 3.05) is 37.3 Å². The number of halogens is 1. The predicted molar refractivity (Wildman–Crippen MR) is 124 cm³/mol. The molecular formula is C23H27BrN4O3. The second-order valence-electron chi connectivity index (χ2n) is 8.27. The van der Waals surface area contributed by atoms with Crippen LogP contribution in [0.1, 0.15) is 17.5 Å². The fourth-order valence-corrected chi connectivity index (χ4v) is 4.42. The predicted octanol–water partition coefficient (Wildman–Crippen LogP) is 3.09. The first kappa shape index (κ1) is 21.8. The Morgan fingerprint density at radius 1 is 1.00 bits per heavy atom. The Balaban J connectivity index is 1.44. The Labute approximate surface area is 190 Å². The lowest BCUT2D eigenvalue weighted by Crippen LogP contribution is -2.45. The van der Waals surface area contributed by atoms with Crippen LogP contribution >= 0.6 is 15.9 Å². The van der Waals surface area contributed by atoms with E-state index >= 15 is 0 Å². The summed E-state index contributed by atoms with van der Waals surface area (Å²) in [7, 11) is 2.12. The molecule has 1 fully saturated rings. The largest absolute Gasteiger partial charge is 0.391 e. The Morgan fingerprint density at radius 2 is 1.68 bits per heavy atom. The minimum atomic E-state index is -0.728. The molecule has 2 heterocycles. The number of fused-ring (bicyclic) bond motifs is 1. The maximum absolute atomic E-state index is 13.0. The highest BCUT2D eigenvalue weighted by Crippen LogP contribution is 2.24. The van der Waals surface area contributed by atoms with Crippen molar-refractivity contribution < 1.29 is 14.7 Å². The molecule has 0 unspecified atom stereocenters. The first-order valence-corrected chi connectivity index (χ1v) is 11.3. The summed E-state index contributed by atoms with van der Waals surface area (Å²) >= 11 is 3.36. The highest BCUT2D eigenvalue weighted by atomic mass is 79.9. The molecule has 0 aromatic heterocycles. The molecule has 1 saturated heterocycles. The van der Waals surface area contributed by atoms with E-state index in [0.717, 1.165) is 36.1 Å². The number of aliphatic hydroxyl groups is 1. The van der Waals surface area contributed by atoms with Gasteiger partial charge in [0.25, 0.3) is 0 Å². The third-order valence-corrected chi connectivity index (χ3v) is 6.47. The molecule has 3 N–H and O–H groups in total. The zero-order valence-corrected chi connectivity index (χ0v) is 19.1. The van der Waals surface area contributed by atoms with Crippen LogP contribution in [0.3, 0.4) is 0 Å². The van der Waals surface area contributed by atoms with Gasteiger partial charge in [-0.3, -0.25) is 4.79 Å². The van der Waals surface area contributed by atoms with Crippen molar-refractivity contribution in [2.45, 2.75) is 31.4 Å². The van der Waals surface area contributed by atoms with Gasteiger partial charge in [0, 0.05) is 41.9 Å². The molecule has 0 saturated carbocycles. The maximum Gasteiger partial charge on any atom is 0.322 e. The Hall–Kier alpha value is -2.42. The number of amides is 3. The van der Waals surface area contributed by atoms with Gasteiger partial charge in [-0.25, -0.2) is 4.79 Å². The van der Waals surface area contributed by atoms with E-state index < -0.39 is 18.2 Å². The molecule has 0 aliphatic carbocycles. The fraction of sp³-hybridized carbons (Fsp3) is 0.391. The topological polar surface area (TPSA) is 84.9 Å². The number of hydrogen-bond acceptors (Lipinski definition) is 4.